The van der Waals surface area contributed by atoms with E-state index in [0.29, 0.717) is 5.57 Å². The van der Waals surface area contributed by atoms with Crippen molar-refractivity contribution in [2.24, 2.45) is 4.99 Å². The molecule has 0 aromatic heterocycles. The van der Waals surface area contributed by atoms with E-state index in [1.54, 1.807) is 14.1 Å². The minimum atomic E-state index is -0.189. The van der Waals surface area contributed by atoms with Gasteiger partial charge in [-0.2, -0.15) is 0 Å². The van der Waals surface area contributed by atoms with Gasteiger partial charge in [-0.25, -0.2) is 0 Å². The van der Waals surface area contributed by atoms with Crippen LogP contribution in [0.2, 0.25) is 0 Å². The number of aliphatic imine (C=N–C) groups is 1. The Balaban J connectivity index is 4.25. The summed E-state index contributed by atoms with van der Waals surface area (Å²) in [5.74, 6) is -0.189. The molecule has 0 unspecified atom stereocenters. The van der Waals surface area contributed by atoms with Gasteiger partial charge in [-0.15, -0.1) is 0 Å². The van der Waals surface area contributed by atoms with Crippen LogP contribution in [0.15, 0.2) is 29.9 Å². The molecule has 11 heavy (non-hydrogen) atoms. The van der Waals surface area contributed by atoms with Gasteiger partial charge in [-0.05, 0) is 6.20 Å². The number of carbonyl (C=O) groups excluding carboxylic acids is 1. The third kappa shape index (κ3) is 2.80. The Hall–Kier alpha value is -1.38. The van der Waals surface area contributed by atoms with Crippen LogP contribution < -0.4 is 0 Å². The third-order valence-corrected chi connectivity index (χ3v) is 1.15. The molecular formula is C8H12N2O. The van der Waals surface area contributed by atoms with Gasteiger partial charge in [0.1, 0.15) is 0 Å². The van der Waals surface area contributed by atoms with E-state index in [1.165, 1.54) is 17.3 Å². The number of likely N-dealkylation sites (N-methyl/N-ethyl adjacent to an activating group) is 1. The van der Waals surface area contributed by atoms with Gasteiger partial charge in [0.05, 0.1) is 5.57 Å². The third-order valence-electron chi connectivity index (χ3n) is 1.15. The topological polar surface area (TPSA) is 32.7 Å². The summed E-state index contributed by atoms with van der Waals surface area (Å²) < 4.78 is 0. The van der Waals surface area contributed by atoms with E-state index in [4.69, 9.17) is 0 Å². The zero-order valence-corrected chi connectivity index (χ0v) is 6.87. The first-order valence-electron chi connectivity index (χ1n) is 3.14. The van der Waals surface area contributed by atoms with Crippen molar-refractivity contribution in [3.63, 3.8) is 0 Å². The highest BCUT2D eigenvalue weighted by Crippen LogP contribution is 1.93. The largest absolute Gasteiger partial charge is 0.319 e. The molecule has 0 radical (unpaired) electrons. The second-order valence-corrected chi connectivity index (χ2v) is 2.01. The van der Waals surface area contributed by atoms with Gasteiger partial charge in [0.15, 0.2) is 0 Å². The number of nitrogens with zero attached hydrogens (tertiary/aromatic N) is 2. The molecule has 0 aliphatic rings. The summed E-state index contributed by atoms with van der Waals surface area (Å²) >= 11 is 0. The van der Waals surface area contributed by atoms with Crippen LogP contribution in [0.3, 0.4) is 0 Å². The fourth-order valence-electron chi connectivity index (χ4n) is 0.520. The molecule has 0 aromatic carbocycles. The molecule has 0 N–H and O–H groups in total. The van der Waals surface area contributed by atoms with E-state index >= 15 is 0 Å². The SMILES string of the molecule is C=CN(C)C(=O)C(=C)/C=N\C. The highest BCUT2D eigenvalue weighted by molar-refractivity contribution is 6.11. The number of amides is 1. The van der Waals surface area contributed by atoms with Crippen LogP contribution in [0, 0.1) is 0 Å². The van der Waals surface area contributed by atoms with Crippen molar-refractivity contribution in [1.29, 1.82) is 0 Å². The van der Waals surface area contributed by atoms with Gasteiger partial charge in [0, 0.05) is 20.3 Å². The van der Waals surface area contributed by atoms with E-state index in [-0.39, 0.29) is 5.91 Å². The molecule has 3 nitrogen and oxygen atoms in total. The minimum Gasteiger partial charge on any atom is -0.319 e. The van der Waals surface area contributed by atoms with Crippen molar-refractivity contribution in [2.75, 3.05) is 14.1 Å². The van der Waals surface area contributed by atoms with Crippen molar-refractivity contribution in [3.05, 3.63) is 24.9 Å². The average molecular weight is 152 g/mol. The van der Waals surface area contributed by atoms with Crippen LogP contribution in [0.5, 0.6) is 0 Å². The van der Waals surface area contributed by atoms with Crippen LogP contribution >= 0.6 is 0 Å². The highest BCUT2D eigenvalue weighted by atomic mass is 16.2. The normalized spacial score (nSPS) is 9.64. The predicted octanol–water partition coefficient (Wildman–Crippen LogP) is 0.845. The van der Waals surface area contributed by atoms with E-state index in [9.17, 15) is 4.79 Å². The first-order valence-corrected chi connectivity index (χ1v) is 3.14. The lowest BCUT2D eigenvalue weighted by molar-refractivity contribution is -0.123. The molecule has 0 aromatic rings. The molecule has 0 aliphatic carbocycles. The quantitative estimate of drug-likeness (QED) is 0.436. The lowest BCUT2D eigenvalue weighted by Gasteiger charge is -2.09. The molecule has 0 aliphatic heterocycles. The summed E-state index contributed by atoms with van der Waals surface area (Å²) in [6, 6.07) is 0. The average Bonchev–Trinajstić information content (AvgIpc) is 2.02. The molecule has 3 heteroatoms. The second kappa shape index (κ2) is 4.44. The lowest BCUT2D eigenvalue weighted by atomic mass is 10.3. The summed E-state index contributed by atoms with van der Waals surface area (Å²) in [6.07, 6.45) is 2.85. The summed E-state index contributed by atoms with van der Waals surface area (Å²) in [6.45, 7) is 6.97. The summed E-state index contributed by atoms with van der Waals surface area (Å²) in [5, 5.41) is 0. The second-order valence-electron chi connectivity index (χ2n) is 2.01. The van der Waals surface area contributed by atoms with Crippen LogP contribution in [0.25, 0.3) is 0 Å². The molecule has 0 saturated carbocycles. The Morgan fingerprint density at radius 2 is 2.18 bits per heavy atom. The van der Waals surface area contributed by atoms with Gasteiger partial charge in [-0.1, -0.05) is 13.2 Å². The van der Waals surface area contributed by atoms with Crippen LogP contribution in [0.1, 0.15) is 0 Å². The minimum absolute atomic E-state index is 0.189. The van der Waals surface area contributed by atoms with Crippen molar-refractivity contribution < 1.29 is 4.79 Å². The zero-order valence-electron chi connectivity index (χ0n) is 6.87. The molecule has 0 atom stereocenters. The monoisotopic (exact) mass is 152 g/mol. The van der Waals surface area contributed by atoms with Gasteiger partial charge in [-0.3, -0.25) is 9.79 Å². The summed E-state index contributed by atoms with van der Waals surface area (Å²) in [7, 11) is 3.20. The smallest absolute Gasteiger partial charge is 0.258 e. The van der Waals surface area contributed by atoms with Crippen molar-refractivity contribution in [2.45, 2.75) is 0 Å². The van der Waals surface area contributed by atoms with Gasteiger partial charge < -0.3 is 4.90 Å². The van der Waals surface area contributed by atoms with Crippen LogP contribution in [-0.2, 0) is 4.79 Å². The van der Waals surface area contributed by atoms with Crippen molar-refractivity contribution in [3.8, 4) is 0 Å². The number of rotatable bonds is 3. The molecule has 60 valence electrons. The molecular weight excluding hydrogens is 140 g/mol. The Morgan fingerprint density at radius 3 is 2.55 bits per heavy atom. The first-order chi connectivity index (χ1) is 5.13. The molecule has 0 saturated heterocycles. The molecule has 0 fully saturated rings. The Morgan fingerprint density at radius 1 is 1.64 bits per heavy atom. The first kappa shape index (κ1) is 9.62. The predicted molar refractivity (Wildman–Crippen MR) is 46.5 cm³/mol. The lowest BCUT2D eigenvalue weighted by Crippen LogP contribution is -2.22. The van der Waals surface area contributed by atoms with E-state index in [0.717, 1.165) is 0 Å². The van der Waals surface area contributed by atoms with Gasteiger partial charge >= 0.3 is 0 Å². The molecule has 0 heterocycles. The molecule has 0 rings (SSSR count). The van der Waals surface area contributed by atoms with E-state index < -0.39 is 0 Å². The molecule has 0 bridgehead atoms. The van der Waals surface area contributed by atoms with Crippen molar-refractivity contribution in [1.82, 2.24) is 4.90 Å². The fourth-order valence-corrected chi connectivity index (χ4v) is 0.520. The van der Waals surface area contributed by atoms with Gasteiger partial charge in [0.25, 0.3) is 5.91 Å². The Kier molecular flexibility index (Phi) is 3.88. The summed E-state index contributed by atoms with van der Waals surface area (Å²) in [5.41, 5.74) is 0.356. The standard InChI is InChI=1S/C8H12N2O/c1-5-10(4)8(11)7(2)6-9-3/h5-6H,1-2H2,3-4H3/b9-6-. The Labute approximate surface area is 66.7 Å². The van der Waals surface area contributed by atoms with Gasteiger partial charge in [0.2, 0.25) is 0 Å². The molecule has 1 amide bonds. The fraction of sp³-hybridized carbons (Fsp3) is 0.250. The van der Waals surface area contributed by atoms with Crippen LogP contribution in [0.4, 0.5) is 0 Å². The maximum Gasteiger partial charge on any atom is 0.258 e. The van der Waals surface area contributed by atoms with E-state index in [2.05, 4.69) is 18.2 Å². The van der Waals surface area contributed by atoms with Crippen molar-refractivity contribution >= 4 is 12.1 Å². The summed E-state index contributed by atoms with van der Waals surface area (Å²) in [4.78, 5) is 16.1. The Bertz CT molecular complexity index is 206. The van der Waals surface area contributed by atoms with Crippen LogP contribution in [-0.4, -0.2) is 31.1 Å². The number of carbonyl (C=O) groups is 1. The highest BCUT2D eigenvalue weighted by Gasteiger charge is 2.06. The van der Waals surface area contributed by atoms with E-state index in [1.807, 2.05) is 0 Å². The number of hydrogen-bond donors (Lipinski definition) is 0. The maximum atomic E-state index is 11.1. The molecule has 0 spiro atoms. The maximum absolute atomic E-state index is 11.1. The zero-order chi connectivity index (χ0) is 8.85. The number of hydrogen-bond acceptors (Lipinski definition) is 2.